The molecule has 0 bridgehead atoms. The average molecular weight is 397 g/mol. The van der Waals surface area contributed by atoms with Crippen LogP contribution in [-0.2, 0) is 18.7 Å². The third-order valence-electron chi connectivity index (χ3n) is 6.27. The first-order valence-corrected chi connectivity index (χ1v) is 13.7. The smallest absolute Gasteiger partial charge is 0.330 e. The highest BCUT2D eigenvalue weighted by Gasteiger charge is 2.48. The number of rotatable bonds is 2. The van der Waals surface area contributed by atoms with E-state index in [4.69, 9.17) is 13.9 Å². The van der Waals surface area contributed by atoms with Crippen molar-refractivity contribution in [2.75, 3.05) is 0 Å². The van der Waals surface area contributed by atoms with Gasteiger partial charge >= 0.3 is 5.97 Å². The Kier molecular flexibility index (Phi) is 8.14. The van der Waals surface area contributed by atoms with Crippen LogP contribution in [0.5, 0.6) is 0 Å². The minimum absolute atomic E-state index is 0.0133. The minimum Gasteiger partial charge on any atom is -0.460 e. The number of hydrogen-bond acceptors (Lipinski definition) is 4. The van der Waals surface area contributed by atoms with Crippen molar-refractivity contribution in [3.8, 4) is 0 Å². The zero-order valence-electron chi connectivity index (χ0n) is 18.3. The van der Waals surface area contributed by atoms with Gasteiger partial charge in [0, 0.05) is 6.08 Å². The number of epoxide rings is 1. The van der Waals surface area contributed by atoms with Gasteiger partial charge in [0.15, 0.2) is 8.32 Å². The van der Waals surface area contributed by atoms with Crippen LogP contribution in [0, 0.1) is 0 Å². The Hall–Kier alpha value is -0.653. The molecule has 2 rings (SSSR count). The second-order valence-electron chi connectivity index (χ2n) is 9.79. The van der Waals surface area contributed by atoms with Crippen molar-refractivity contribution < 1.29 is 18.7 Å². The Morgan fingerprint density at radius 1 is 1.04 bits per heavy atom. The zero-order chi connectivity index (χ0) is 20.1. The highest BCUT2D eigenvalue weighted by molar-refractivity contribution is 6.74. The average Bonchev–Trinajstić information content (AvgIpc) is 3.31. The lowest BCUT2D eigenvalue weighted by molar-refractivity contribution is -0.142. The Morgan fingerprint density at radius 2 is 1.63 bits per heavy atom. The van der Waals surface area contributed by atoms with E-state index in [2.05, 4.69) is 33.9 Å². The van der Waals surface area contributed by atoms with Crippen LogP contribution in [0.3, 0.4) is 0 Å². The molecule has 0 spiro atoms. The number of ether oxygens (including phenoxy) is 2. The van der Waals surface area contributed by atoms with Crippen LogP contribution in [0.2, 0.25) is 18.1 Å². The monoisotopic (exact) mass is 396 g/mol. The molecule has 1 fully saturated rings. The largest absolute Gasteiger partial charge is 0.460 e. The molecular weight excluding hydrogens is 356 g/mol. The van der Waals surface area contributed by atoms with Gasteiger partial charge in [0.1, 0.15) is 12.2 Å². The van der Waals surface area contributed by atoms with E-state index in [1.165, 1.54) is 38.2 Å². The molecule has 4 nitrogen and oxygen atoms in total. The predicted molar refractivity (Wildman–Crippen MR) is 112 cm³/mol. The number of hydrogen-bond donors (Lipinski definition) is 0. The van der Waals surface area contributed by atoms with Gasteiger partial charge in [-0.15, -0.1) is 0 Å². The van der Waals surface area contributed by atoms with Crippen molar-refractivity contribution in [3.05, 3.63) is 12.2 Å². The van der Waals surface area contributed by atoms with Gasteiger partial charge < -0.3 is 13.9 Å². The van der Waals surface area contributed by atoms with E-state index in [-0.39, 0.29) is 35.4 Å². The molecule has 1 saturated heterocycles. The molecule has 27 heavy (non-hydrogen) atoms. The lowest BCUT2D eigenvalue weighted by atomic mass is 10.0. The molecule has 0 aromatic rings. The first-order valence-electron chi connectivity index (χ1n) is 10.8. The standard InChI is InChI=1S/C22H40O4Si/c1-17-13-11-9-7-8-10-12-14-19(26-27(5,6)22(2,3)4)21-18(25-21)15-16-20(23)24-17/h15-19,21H,7-14H2,1-6H3/b16-15-/t17-,18+,19+,21-/m1/s1. The number of carbonyl (C=O) groups is 1. The molecule has 0 radical (unpaired) electrons. The molecule has 2 heterocycles. The number of carbonyl (C=O) groups excluding carboxylic acids is 1. The summed E-state index contributed by atoms with van der Waals surface area (Å²) in [6.07, 6.45) is 12.9. The topological polar surface area (TPSA) is 48.1 Å². The van der Waals surface area contributed by atoms with Gasteiger partial charge in [0.05, 0.1) is 12.2 Å². The zero-order valence-corrected chi connectivity index (χ0v) is 19.3. The Bertz CT molecular complexity index is 509. The van der Waals surface area contributed by atoms with Gasteiger partial charge in [-0.05, 0) is 50.4 Å². The van der Waals surface area contributed by atoms with Gasteiger partial charge in [-0.3, -0.25) is 0 Å². The quantitative estimate of drug-likeness (QED) is 0.338. The van der Waals surface area contributed by atoms with E-state index in [0.717, 1.165) is 19.3 Å². The molecule has 0 aromatic heterocycles. The number of fused-ring (bicyclic) bond motifs is 1. The van der Waals surface area contributed by atoms with Crippen molar-refractivity contribution in [3.63, 3.8) is 0 Å². The van der Waals surface area contributed by atoms with Crippen molar-refractivity contribution in [2.24, 2.45) is 0 Å². The molecule has 4 atom stereocenters. The highest BCUT2D eigenvalue weighted by atomic mass is 28.4. The van der Waals surface area contributed by atoms with Crippen LogP contribution in [-0.4, -0.2) is 38.7 Å². The summed E-state index contributed by atoms with van der Waals surface area (Å²) in [4.78, 5) is 12.0. The summed E-state index contributed by atoms with van der Waals surface area (Å²) < 4.78 is 18.1. The molecule has 0 saturated carbocycles. The van der Waals surface area contributed by atoms with Crippen LogP contribution in [0.15, 0.2) is 12.2 Å². The van der Waals surface area contributed by atoms with Gasteiger partial charge in [-0.25, -0.2) is 4.79 Å². The SMILES string of the molecule is C[C@@H]1CCCCCCCC[C@H](O[Si](C)(C)C(C)(C)C)[C@@H]2O[C@H]2/C=C\C(=O)O1. The molecule has 0 N–H and O–H groups in total. The van der Waals surface area contributed by atoms with E-state index >= 15 is 0 Å². The number of esters is 1. The maximum absolute atomic E-state index is 12.0. The van der Waals surface area contributed by atoms with Gasteiger partial charge in [0.25, 0.3) is 0 Å². The Morgan fingerprint density at radius 3 is 2.26 bits per heavy atom. The van der Waals surface area contributed by atoms with Gasteiger partial charge in [-0.1, -0.05) is 52.9 Å². The van der Waals surface area contributed by atoms with Crippen LogP contribution in [0.4, 0.5) is 0 Å². The molecule has 0 unspecified atom stereocenters. The highest BCUT2D eigenvalue weighted by Crippen LogP contribution is 2.41. The Balaban J connectivity index is 2.02. The fraction of sp³-hybridized carbons (Fsp3) is 0.864. The maximum Gasteiger partial charge on any atom is 0.330 e. The molecule has 5 heteroatoms. The van der Waals surface area contributed by atoms with E-state index in [9.17, 15) is 4.79 Å². The molecule has 0 aromatic carbocycles. The molecular formula is C22H40O4Si. The molecule has 0 aliphatic carbocycles. The van der Waals surface area contributed by atoms with Crippen LogP contribution >= 0.6 is 0 Å². The molecule has 2 aliphatic rings. The lowest BCUT2D eigenvalue weighted by Gasteiger charge is -2.39. The molecule has 2 aliphatic heterocycles. The van der Waals surface area contributed by atoms with Crippen LogP contribution < -0.4 is 0 Å². The normalized spacial score (nSPS) is 33.0. The third kappa shape index (κ3) is 7.35. The summed E-state index contributed by atoms with van der Waals surface area (Å²) in [5, 5.41) is 0.183. The maximum atomic E-state index is 12.0. The van der Waals surface area contributed by atoms with Crippen LogP contribution in [0.1, 0.15) is 79.1 Å². The summed E-state index contributed by atoms with van der Waals surface area (Å²) in [7, 11) is -1.85. The van der Waals surface area contributed by atoms with E-state index in [1.54, 1.807) is 0 Å². The summed E-state index contributed by atoms with van der Waals surface area (Å²) >= 11 is 0. The lowest BCUT2D eigenvalue weighted by Crippen LogP contribution is -2.45. The van der Waals surface area contributed by atoms with Crippen LogP contribution in [0.25, 0.3) is 0 Å². The second-order valence-corrected chi connectivity index (χ2v) is 14.5. The predicted octanol–water partition coefficient (Wildman–Crippen LogP) is 5.77. The van der Waals surface area contributed by atoms with Gasteiger partial charge in [-0.2, -0.15) is 0 Å². The van der Waals surface area contributed by atoms with E-state index < -0.39 is 8.32 Å². The third-order valence-corrected chi connectivity index (χ3v) is 10.8. The Labute approximate surface area is 167 Å². The van der Waals surface area contributed by atoms with Crippen molar-refractivity contribution >= 4 is 14.3 Å². The van der Waals surface area contributed by atoms with E-state index in [0.29, 0.717) is 0 Å². The second kappa shape index (κ2) is 9.70. The molecule has 0 amide bonds. The van der Waals surface area contributed by atoms with Crippen molar-refractivity contribution in [1.29, 1.82) is 0 Å². The fourth-order valence-corrected chi connectivity index (χ4v) is 4.75. The molecule has 156 valence electrons. The number of cyclic esters (lactones) is 1. The first-order chi connectivity index (χ1) is 12.6. The van der Waals surface area contributed by atoms with Crippen molar-refractivity contribution in [1.82, 2.24) is 0 Å². The minimum atomic E-state index is -1.85. The van der Waals surface area contributed by atoms with E-state index in [1.807, 2.05) is 13.0 Å². The summed E-state index contributed by atoms with van der Waals surface area (Å²) in [5.41, 5.74) is 0. The summed E-state index contributed by atoms with van der Waals surface area (Å²) in [6.45, 7) is 13.4. The summed E-state index contributed by atoms with van der Waals surface area (Å²) in [5.74, 6) is -0.259. The first kappa shape index (κ1) is 22.6. The van der Waals surface area contributed by atoms with Gasteiger partial charge in [0.2, 0.25) is 0 Å². The van der Waals surface area contributed by atoms with Crippen molar-refractivity contribution in [2.45, 2.75) is 122 Å². The summed E-state index contributed by atoms with van der Waals surface area (Å²) in [6, 6.07) is 0. The fourth-order valence-electron chi connectivity index (χ4n) is 3.39.